The molecule has 0 saturated carbocycles. The molecule has 2 heterocycles. The van der Waals surface area contributed by atoms with Gasteiger partial charge in [0.05, 0.1) is 0 Å². The van der Waals surface area contributed by atoms with Crippen molar-refractivity contribution in [3.05, 3.63) is 34.3 Å². The Morgan fingerprint density at radius 3 is 2.41 bits per heavy atom. The highest BCUT2D eigenvalue weighted by Gasteiger charge is 2.34. The van der Waals surface area contributed by atoms with Crippen molar-refractivity contribution in [1.82, 2.24) is 10.6 Å². The van der Waals surface area contributed by atoms with Crippen LogP contribution in [-0.2, 0) is 10.3 Å². The van der Waals surface area contributed by atoms with Gasteiger partial charge in [-0.2, -0.15) is 0 Å². The van der Waals surface area contributed by atoms with Gasteiger partial charge in [0.25, 0.3) is 0 Å². The molecule has 0 aromatic heterocycles. The number of nitrogens with one attached hydrogen (secondary N) is 2. The summed E-state index contributed by atoms with van der Waals surface area (Å²) in [4.78, 5) is 0. The molecule has 0 atom stereocenters. The minimum atomic E-state index is 0. The molecular formula is C17H26BrClN2O. The second-order valence-corrected chi connectivity index (χ2v) is 7.19. The standard InChI is InChI=1S/C17H25BrN2O.ClH/c18-16-3-1-15(2-4-16)17(7-11-21-12-8-17)20-13-14-5-9-19-10-6-14;/h1-4,14,19-20H,5-13H2;1H. The summed E-state index contributed by atoms with van der Waals surface area (Å²) in [7, 11) is 0. The van der Waals surface area contributed by atoms with Crippen LogP contribution in [0, 0.1) is 5.92 Å². The Hall–Kier alpha value is -0.130. The van der Waals surface area contributed by atoms with Gasteiger partial charge in [-0.1, -0.05) is 28.1 Å². The average molecular weight is 390 g/mol. The molecule has 124 valence electrons. The fourth-order valence-corrected chi connectivity index (χ4v) is 3.75. The first-order chi connectivity index (χ1) is 10.3. The summed E-state index contributed by atoms with van der Waals surface area (Å²) in [6.07, 6.45) is 4.72. The van der Waals surface area contributed by atoms with Crippen molar-refractivity contribution in [2.75, 3.05) is 32.8 Å². The van der Waals surface area contributed by atoms with Gasteiger partial charge in [-0.25, -0.2) is 0 Å². The summed E-state index contributed by atoms with van der Waals surface area (Å²) in [6.45, 7) is 5.17. The lowest BCUT2D eigenvalue weighted by Crippen LogP contribution is -2.49. The Bertz CT molecular complexity index is 442. The number of ether oxygens (including phenoxy) is 1. The van der Waals surface area contributed by atoms with Crippen LogP contribution in [0.1, 0.15) is 31.2 Å². The van der Waals surface area contributed by atoms with Crippen LogP contribution in [0.15, 0.2) is 28.7 Å². The Balaban J connectivity index is 0.00000176. The predicted molar refractivity (Wildman–Crippen MR) is 96.7 cm³/mol. The molecule has 2 aliphatic heterocycles. The summed E-state index contributed by atoms with van der Waals surface area (Å²) in [5, 5.41) is 7.36. The van der Waals surface area contributed by atoms with Gasteiger partial charge in [-0.3, -0.25) is 0 Å². The van der Waals surface area contributed by atoms with Gasteiger partial charge in [0.15, 0.2) is 0 Å². The highest BCUT2D eigenvalue weighted by atomic mass is 79.9. The summed E-state index contributed by atoms with van der Waals surface area (Å²) in [5.74, 6) is 0.807. The van der Waals surface area contributed by atoms with E-state index in [1.165, 1.54) is 31.5 Å². The summed E-state index contributed by atoms with van der Waals surface area (Å²) in [6, 6.07) is 8.81. The van der Waals surface area contributed by atoms with Crippen molar-refractivity contribution < 1.29 is 4.74 Å². The molecular weight excluding hydrogens is 364 g/mol. The number of piperidine rings is 1. The van der Waals surface area contributed by atoms with Crippen LogP contribution in [-0.4, -0.2) is 32.8 Å². The van der Waals surface area contributed by atoms with Gasteiger partial charge in [0.1, 0.15) is 0 Å². The Morgan fingerprint density at radius 1 is 1.14 bits per heavy atom. The molecule has 3 nitrogen and oxygen atoms in total. The number of hydrogen-bond acceptors (Lipinski definition) is 3. The van der Waals surface area contributed by atoms with Gasteiger partial charge in [-0.15, -0.1) is 12.4 Å². The van der Waals surface area contributed by atoms with Gasteiger partial charge in [0.2, 0.25) is 0 Å². The van der Waals surface area contributed by atoms with E-state index < -0.39 is 0 Å². The zero-order valence-electron chi connectivity index (χ0n) is 12.9. The maximum absolute atomic E-state index is 5.60. The van der Waals surface area contributed by atoms with Gasteiger partial charge < -0.3 is 15.4 Å². The third kappa shape index (κ3) is 4.45. The normalized spacial score (nSPS) is 22.0. The monoisotopic (exact) mass is 388 g/mol. The minimum Gasteiger partial charge on any atom is -0.381 e. The maximum Gasteiger partial charge on any atom is 0.0486 e. The Labute approximate surface area is 148 Å². The SMILES string of the molecule is Brc1ccc(C2(NCC3CCNCC3)CCOCC2)cc1.Cl. The second-order valence-electron chi connectivity index (χ2n) is 6.28. The Morgan fingerprint density at radius 2 is 1.77 bits per heavy atom. The first-order valence-electron chi connectivity index (χ1n) is 8.08. The lowest BCUT2D eigenvalue weighted by molar-refractivity contribution is 0.0342. The minimum absolute atomic E-state index is 0. The third-order valence-electron chi connectivity index (χ3n) is 4.93. The van der Waals surface area contributed by atoms with E-state index in [2.05, 4.69) is 50.8 Å². The molecule has 0 bridgehead atoms. The van der Waals surface area contributed by atoms with Gasteiger partial charge in [0, 0.05) is 23.2 Å². The smallest absolute Gasteiger partial charge is 0.0486 e. The van der Waals surface area contributed by atoms with E-state index in [1.807, 2.05) is 0 Å². The second kappa shape index (κ2) is 8.65. The summed E-state index contributed by atoms with van der Waals surface area (Å²) < 4.78 is 6.75. The number of benzene rings is 1. The van der Waals surface area contributed by atoms with E-state index in [1.54, 1.807) is 0 Å². The van der Waals surface area contributed by atoms with Crippen LogP contribution in [0.4, 0.5) is 0 Å². The van der Waals surface area contributed by atoms with E-state index >= 15 is 0 Å². The largest absolute Gasteiger partial charge is 0.381 e. The van der Waals surface area contributed by atoms with Gasteiger partial charge in [-0.05, 0) is 68.9 Å². The average Bonchev–Trinajstić information content (AvgIpc) is 2.55. The van der Waals surface area contributed by atoms with Crippen LogP contribution in [0.2, 0.25) is 0 Å². The van der Waals surface area contributed by atoms with Gasteiger partial charge >= 0.3 is 0 Å². The third-order valence-corrected chi connectivity index (χ3v) is 5.46. The van der Waals surface area contributed by atoms with Crippen molar-refractivity contribution in [3.8, 4) is 0 Å². The maximum atomic E-state index is 5.60. The van der Waals surface area contributed by atoms with Crippen LogP contribution in [0.5, 0.6) is 0 Å². The van der Waals surface area contributed by atoms with Crippen molar-refractivity contribution in [1.29, 1.82) is 0 Å². The molecule has 0 radical (unpaired) electrons. The molecule has 2 aliphatic rings. The fourth-order valence-electron chi connectivity index (χ4n) is 3.48. The quantitative estimate of drug-likeness (QED) is 0.827. The first-order valence-corrected chi connectivity index (χ1v) is 8.87. The van der Waals surface area contributed by atoms with Crippen molar-refractivity contribution in [3.63, 3.8) is 0 Å². The zero-order chi connectivity index (χ0) is 14.5. The van der Waals surface area contributed by atoms with Crippen LogP contribution < -0.4 is 10.6 Å². The molecule has 3 rings (SSSR count). The van der Waals surface area contributed by atoms with Crippen molar-refractivity contribution in [2.45, 2.75) is 31.2 Å². The highest BCUT2D eigenvalue weighted by Crippen LogP contribution is 2.33. The molecule has 5 heteroatoms. The van der Waals surface area contributed by atoms with Crippen molar-refractivity contribution >= 4 is 28.3 Å². The molecule has 0 spiro atoms. The molecule has 1 aromatic rings. The highest BCUT2D eigenvalue weighted by molar-refractivity contribution is 9.10. The summed E-state index contributed by atoms with van der Waals surface area (Å²) in [5.41, 5.74) is 1.51. The molecule has 0 aliphatic carbocycles. The molecule has 2 fully saturated rings. The zero-order valence-corrected chi connectivity index (χ0v) is 15.3. The topological polar surface area (TPSA) is 33.3 Å². The van der Waals surface area contributed by atoms with E-state index in [4.69, 9.17) is 4.74 Å². The summed E-state index contributed by atoms with van der Waals surface area (Å²) >= 11 is 3.54. The predicted octanol–water partition coefficient (Wildman–Crippen LogP) is 3.47. The molecule has 22 heavy (non-hydrogen) atoms. The lowest BCUT2D eigenvalue weighted by atomic mass is 9.82. The molecule has 2 saturated heterocycles. The molecule has 0 amide bonds. The van der Waals surface area contributed by atoms with Crippen LogP contribution in [0.25, 0.3) is 0 Å². The number of rotatable bonds is 4. The number of hydrogen-bond donors (Lipinski definition) is 2. The lowest BCUT2D eigenvalue weighted by Gasteiger charge is -2.40. The van der Waals surface area contributed by atoms with Crippen LogP contribution >= 0.6 is 28.3 Å². The molecule has 2 N–H and O–H groups in total. The fraction of sp³-hybridized carbons (Fsp3) is 0.647. The van der Waals surface area contributed by atoms with E-state index in [0.29, 0.717) is 0 Å². The van der Waals surface area contributed by atoms with E-state index in [0.717, 1.165) is 43.0 Å². The number of halogens is 2. The van der Waals surface area contributed by atoms with Crippen LogP contribution in [0.3, 0.4) is 0 Å². The van der Waals surface area contributed by atoms with E-state index in [9.17, 15) is 0 Å². The Kier molecular flexibility index (Phi) is 7.16. The molecule has 0 unspecified atom stereocenters. The first kappa shape index (κ1) is 18.2. The molecule has 1 aromatic carbocycles. The van der Waals surface area contributed by atoms with E-state index in [-0.39, 0.29) is 17.9 Å². The van der Waals surface area contributed by atoms with Crippen molar-refractivity contribution in [2.24, 2.45) is 5.92 Å².